The van der Waals surface area contributed by atoms with Gasteiger partial charge in [0, 0.05) is 0 Å². The molecule has 0 aliphatic carbocycles. The standard InChI is InChI=1S/C17H23NO2/c1-5-6-8-13-15(14-11-9-7-10-12-14)18-16(19)20-17(2,3)4/h5-12,15H,1,13H2,2-4H3,(H,18,19)/b8-6+. The van der Waals surface area contributed by atoms with Gasteiger partial charge in [0.15, 0.2) is 0 Å². The highest BCUT2D eigenvalue weighted by atomic mass is 16.6. The second-order valence-electron chi connectivity index (χ2n) is 5.51. The van der Waals surface area contributed by atoms with Crippen LogP contribution in [0.5, 0.6) is 0 Å². The predicted molar refractivity (Wildman–Crippen MR) is 82.5 cm³/mol. The number of alkyl carbamates (subject to hydrolysis) is 1. The zero-order chi connectivity index (χ0) is 15.0. The molecule has 0 radical (unpaired) electrons. The van der Waals surface area contributed by atoms with Gasteiger partial charge in [0.2, 0.25) is 0 Å². The number of benzene rings is 1. The fourth-order valence-corrected chi connectivity index (χ4v) is 1.72. The summed E-state index contributed by atoms with van der Waals surface area (Å²) in [6, 6.07) is 9.73. The lowest BCUT2D eigenvalue weighted by atomic mass is 10.0. The number of hydrogen-bond donors (Lipinski definition) is 1. The van der Waals surface area contributed by atoms with Gasteiger partial charge in [0.1, 0.15) is 5.60 Å². The smallest absolute Gasteiger partial charge is 0.408 e. The molecule has 0 aliphatic rings. The topological polar surface area (TPSA) is 38.3 Å². The summed E-state index contributed by atoms with van der Waals surface area (Å²) in [7, 11) is 0. The first-order chi connectivity index (χ1) is 9.42. The molecule has 3 nitrogen and oxygen atoms in total. The summed E-state index contributed by atoms with van der Waals surface area (Å²) in [5, 5.41) is 2.90. The minimum absolute atomic E-state index is 0.109. The van der Waals surface area contributed by atoms with Gasteiger partial charge in [0.25, 0.3) is 0 Å². The maximum Gasteiger partial charge on any atom is 0.408 e. The zero-order valence-electron chi connectivity index (χ0n) is 12.4. The Morgan fingerprint density at radius 3 is 2.55 bits per heavy atom. The van der Waals surface area contributed by atoms with Gasteiger partial charge in [-0.25, -0.2) is 4.79 Å². The molecule has 0 aliphatic heterocycles. The SMILES string of the molecule is C=C/C=C/CC(NC(=O)OC(C)(C)C)c1ccccc1. The highest BCUT2D eigenvalue weighted by molar-refractivity contribution is 5.68. The molecule has 1 aromatic rings. The highest BCUT2D eigenvalue weighted by Crippen LogP contribution is 2.18. The fraction of sp³-hybridized carbons (Fsp3) is 0.353. The van der Waals surface area contributed by atoms with Crippen molar-refractivity contribution in [1.82, 2.24) is 5.32 Å². The number of amides is 1. The Morgan fingerprint density at radius 2 is 2.00 bits per heavy atom. The van der Waals surface area contributed by atoms with E-state index in [4.69, 9.17) is 4.74 Å². The summed E-state index contributed by atoms with van der Waals surface area (Å²) in [6.45, 7) is 9.19. The number of carbonyl (C=O) groups excluding carboxylic acids is 1. The van der Waals surface area contributed by atoms with Crippen LogP contribution in [0.2, 0.25) is 0 Å². The van der Waals surface area contributed by atoms with Crippen molar-refractivity contribution in [3.8, 4) is 0 Å². The van der Waals surface area contributed by atoms with Crippen molar-refractivity contribution in [3.05, 3.63) is 60.7 Å². The van der Waals surface area contributed by atoms with Gasteiger partial charge in [-0.15, -0.1) is 0 Å². The first-order valence-electron chi connectivity index (χ1n) is 6.74. The van der Waals surface area contributed by atoms with Crippen LogP contribution in [0.1, 0.15) is 38.8 Å². The first kappa shape index (κ1) is 16.0. The van der Waals surface area contributed by atoms with E-state index in [1.165, 1.54) is 0 Å². The Kier molecular flexibility index (Phi) is 6.04. The van der Waals surface area contributed by atoms with Crippen LogP contribution in [-0.4, -0.2) is 11.7 Å². The number of allylic oxidation sites excluding steroid dienone is 2. The minimum atomic E-state index is -0.498. The number of rotatable bonds is 5. The minimum Gasteiger partial charge on any atom is -0.444 e. The van der Waals surface area contributed by atoms with Crippen molar-refractivity contribution in [2.45, 2.75) is 38.8 Å². The van der Waals surface area contributed by atoms with Gasteiger partial charge in [-0.05, 0) is 32.8 Å². The molecule has 1 amide bonds. The van der Waals surface area contributed by atoms with Crippen molar-refractivity contribution < 1.29 is 9.53 Å². The van der Waals surface area contributed by atoms with E-state index in [9.17, 15) is 4.79 Å². The summed E-state index contributed by atoms with van der Waals surface area (Å²) in [5.41, 5.74) is 0.550. The van der Waals surface area contributed by atoms with E-state index in [1.54, 1.807) is 6.08 Å². The maximum absolute atomic E-state index is 11.9. The second-order valence-corrected chi connectivity index (χ2v) is 5.51. The molecule has 0 fully saturated rings. The van der Waals surface area contributed by atoms with Gasteiger partial charge in [0.05, 0.1) is 6.04 Å². The van der Waals surface area contributed by atoms with E-state index >= 15 is 0 Å². The third-order valence-corrected chi connectivity index (χ3v) is 2.54. The second kappa shape index (κ2) is 7.53. The Balaban J connectivity index is 2.75. The summed E-state index contributed by atoms with van der Waals surface area (Å²) in [6.07, 6.45) is 5.85. The Morgan fingerprint density at radius 1 is 1.35 bits per heavy atom. The average molecular weight is 273 g/mol. The van der Waals surface area contributed by atoms with Crippen molar-refractivity contribution in [3.63, 3.8) is 0 Å². The molecule has 0 bridgehead atoms. The predicted octanol–water partition coefficient (Wildman–Crippen LogP) is 4.38. The van der Waals surface area contributed by atoms with Crippen LogP contribution in [-0.2, 0) is 4.74 Å². The molecule has 1 rings (SSSR count). The van der Waals surface area contributed by atoms with Crippen LogP contribution in [0.4, 0.5) is 4.79 Å². The third kappa shape index (κ3) is 6.23. The fourth-order valence-electron chi connectivity index (χ4n) is 1.72. The molecule has 3 heteroatoms. The summed E-state index contributed by atoms with van der Waals surface area (Å²) < 4.78 is 5.30. The van der Waals surface area contributed by atoms with Gasteiger partial charge >= 0.3 is 6.09 Å². The quantitative estimate of drug-likeness (QED) is 0.808. The monoisotopic (exact) mass is 273 g/mol. The van der Waals surface area contributed by atoms with Crippen molar-refractivity contribution in [2.24, 2.45) is 0 Å². The summed E-state index contributed by atoms with van der Waals surface area (Å²) in [4.78, 5) is 11.9. The molecule has 1 atom stereocenters. The maximum atomic E-state index is 11.9. The van der Waals surface area contributed by atoms with Crippen molar-refractivity contribution >= 4 is 6.09 Å². The van der Waals surface area contributed by atoms with Gasteiger partial charge in [-0.3, -0.25) is 0 Å². The zero-order valence-corrected chi connectivity index (χ0v) is 12.4. The molecule has 0 heterocycles. The van der Waals surface area contributed by atoms with Crippen LogP contribution < -0.4 is 5.32 Å². The van der Waals surface area contributed by atoms with Crippen molar-refractivity contribution in [2.75, 3.05) is 0 Å². The molecule has 0 aromatic heterocycles. The lowest BCUT2D eigenvalue weighted by molar-refractivity contribution is 0.0504. The molecular weight excluding hydrogens is 250 g/mol. The van der Waals surface area contributed by atoms with E-state index in [-0.39, 0.29) is 6.04 Å². The van der Waals surface area contributed by atoms with E-state index in [2.05, 4.69) is 11.9 Å². The van der Waals surface area contributed by atoms with Crippen LogP contribution in [0.3, 0.4) is 0 Å². The Labute approximate surface area is 121 Å². The molecule has 1 unspecified atom stereocenters. The van der Waals surface area contributed by atoms with E-state index in [0.29, 0.717) is 6.42 Å². The number of carbonyl (C=O) groups is 1. The average Bonchev–Trinajstić information content (AvgIpc) is 2.37. The lowest BCUT2D eigenvalue weighted by Crippen LogP contribution is -2.34. The molecule has 0 spiro atoms. The van der Waals surface area contributed by atoms with Crippen LogP contribution in [0.15, 0.2) is 55.1 Å². The first-order valence-corrected chi connectivity index (χ1v) is 6.74. The van der Waals surface area contributed by atoms with Gasteiger partial charge < -0.3 is 10.1 Å². The molecular formula is C17H23NO2. The molecule has 20 heavy (non-hydrogen) atoms. The largest absolute Gasteiger partial charge is 0.444 e. The number of ether oxygens (including phenoxy) is 1. The molecule has 1 aromatic carbocycles. The lowest BCUT2D eigenvalue weighted by Gasteiger charge is -2.23. The molecule has 0 saturated carbocycles. The highest BCUT2D eigenvalue weighted by Gasteiger charge is 2.19. The summed E-state index contributed by atoms with van der Waals surface area (Å²) >= 11 is 0. The van der Waals surface area contributed by atoms with E-state index in [0.717, 1.165) is 5.56 Å². The number of nitrogens with one attached hydrogen (secondary N) is 1. The van der Waals surface area contributed by atoms with Crippen LogP contribution >= 0.6 is 0 Å². The van der Waals surface area contributed by atoms with Crippen LogP contribution in [0, 0.1) is 0 Å². The van der Waals surface area contributed by atoms with Gasteiger partial charge in [-0.1, -0.05) is 55.1 Å². The van der Waals surface area contributed by atoms with Crippen LogP contribution in [0.25, 0.3) is 0 Å². The Hall–Kier alpha value is -2.03. The molecule has 0 saturated heterocycles. The molecule has 108 valence electrons. The number of hydrogen-bond acceptors (Lipinski definition) is 2. The van der Waals surface area contributed by atoms with E-state index in [1.807, 2.05) is 63.3 Å². The van der Waals surface area contributed by atoms with E-state index < -0.39 is 11.7 Å². The normalized spacial score (nSPS) is 12.9. The Bertz CT molecular complexity index is 458. The van der Waals surface area contributed by atoms with Gasteiger partial charge in [-0.2, -0.15) is 0 Å². The summed E-state index contributed by atoms with van der Waals surface area (Å²) in [5.74, 6) is 0. The molecule has 1 N–H and O–H groups in total. The third-order valence-electron chi connectivity index (χ3n) is 2.54. The van der Waals surface area contributed by atoms with Crippen molar-refractivity contribution in [1.29, 1.82) is 0 Å².